The summed E-state index contributed by atoms with van der Waals surface area (Å²) in [5, 5.41) is 0. The van der Waals surface area contributed by atoms with Crippen molar-refractivity contribution in [1.29, 1.82) is 0 Å². The molecule has 66 valence electrons. The minimum Gasteiger partial charge on any atom is -0.347 e. The Kier molecular flexibility index (Phi) is 2.90. The molecule has 2 nitrogen and oxygen atoms in total. The Bertz CT molecular complexity index is 121. The molecule has 11 heavy (non-hydrogen) atoms. The molecule has 2 unspecified atom stereocenters. The zero-order valence-electron chi connectivity index (χ0n) is 7.72. The van der Waals surface area contributed by atoms with E-state index >= 15 is 0 Å². The van der Waals surface area contributed by atoms with E-state index in [-0.39, 0.29) is 11.9 Å². The molecule has 1 fully saturated rings. The van der Waals surface area contributed by atoms with Crippen molar-refractivity contribution < 1.29 is 9.47 Å². The molecule has 2 heteroatoms. The monoisotopic (exact) mass is 158 g/mol. The average Bonchev–Trinajstić information content (AvgIpc) is 2.34. The Morgan fingerprint density at radius 1 is 1.45 bits per heavy atom. The van der Waals surface area contributed by atoms with Gasteiger partial charge in [0, 0.05) is 6.42 Å². The van der Waals surface area contributed by atoms with Gasteiger partial charge in [0.05, 0.1) is 12.7 Å². The molecule has 0 aromatic rings. The van der Waals surface area contributed by atoms with Crippen molar-refractivity contribution >= 4 is 0 Å². The van der Waals surface area contributed by atoms with E-state index in [9.17, 15) is 0 Å². The molecule has 1 aliphatic heterocycles. The predicted octanol–water partition coefficient (Wildman–Crippen LogP) is 2.33. The second-order valence-electron chi connectivity index (χ2n) is 3.25. The number of rotatable bonds is 3. The van der Waals surface area contributed by atoms with Crippen molar-refractivity contribution in [2.75, 3.05) is 6.61 Å². The smallest absolute Gasteiger partial charge is 0.168 e. The van der Waals surface area contributed by atoms with Gasteiger partial charge in [-0.3, -0.25) is 0 Å². The fraction of sp³-hybridized carbons (Fsp3) is 1.00. The number of hydrogen-bond donors (Lipinski definition) is 0. The summed E-state index contributed by atoms with van der Waals surface area (Å²) in [6.45, 7) is 7.10. The summed E-state index contributed by atoms with van der Waals surface area (Å²) in [5.41, 5.74) is 0. The molecule has 0 saturated carbocycles. The molecule has 0 N–H and O–H groups in total. The third-order valence-electron chi connectivity index (χ3n) is 2.17. The fourth-order valence-corrected chi connectivity index (χ4v) is 1.58. The summed E-state index contributed by atoms with van der Waals surface area (Å²) in [7, 11) is 0. The van der Waals surface area contributed by atoms with Gasteiger partial charge in [-0.05, 0) is 13.3 Å². The Hall–Kier alpha value is -0.0800. The van der Waals surface area contributed by atoms with Crippen LogP contribution in [0.4, 0.5) is 0 Å². The lowest BCUT2D eigenvalue weighted by Gasteiger charge is -2.25. The van der Waals surface area contributed by atoms with Gasteiger partial charge in [0.1, 0.15) is 0 Å². The third-order valence-corrected chi connectivity index (χ3v) is 2.17. The normalized spacial score (nSPS) is 37.9. The van der Waals surface area contributed by atoms with Gasteiger partial charge in [-0.2, -0.15) is 0 Å². The van der Waals surface area contributed by atoms with Gasteiger partial charge < -0.3 is 9.47 Å². The highest BCUT2D eigenvalue weighted by atomic mass is 16.7. The van der Waals surface area contributed by atoms with E-state index in [0.717, 1.165) is 25.9 Å². The topological polar surface area (TPSA) is 18.5 Å². The molecular formula is C9H18O2. The maximum Gasteiger partial charge on any atom is 0.168 e. The number of hydrogen-bond acceptors (Lipinski definition) is 2. The van der Waals surface area contributed by atoms with Crippen molar-refractivity contribution in [1.82, 2.24) is 0 Å². The summed E-state index contributed by atoms with van der Waals surface area (Å²) >= 11 is 0. The first-order valence-corrected chi connectivity index (χ1v) is 4.54. The van der Waals surface area contributed by atoms with Crippen molar-refractivity contribution in [3.05, 3.63) is 0 Å². The van der Waals surface area contributed by atoms with Crippen molar-refractivity contribution in [2.24, 2.45) is 0 Å². The second-order valence-corrected chi connectivity index (χ2v) is 3.25. The van der Waals surface area contributed by atoms with Gasteiger partial charge >= 0.3 is 0 Å². The van der Waals surface area contributed by atoms with Crippen molar-refractivity contribution in [3.8, 4) is 0 Å². The van der Waals surface area contributed by atoms with E-state index in [4.69, 9.17) is 9.47 Å². The van der Waals surface area contributed by atoms with E-state index in [1.807, 2.05) is 0 Å². The first kappa shape index (κ1) is 9.01. The van der Waals surface area contributed by atoms with Gasteiger partial charge in [0.2, 0.25) is 0 Å². The van der Waals surface area contributed by atoms with Gasteiger partial charge in [-0.15, -0.1) is 0 Å². The van der Waals surface area contributed by atoms with Crippen LogP contribution in [0.25, 0.3) is 0 Å². The molecule has 0 radical (unpaired) electrons. The lowest BCUT2D eigenvalue weighted by molar-refractivity contribution is -0.173. The highest BCUT2D eigenvalue weighted by molar-refractivity contribution is 4.75. The van der Waals surface area contributed by atoms with E-state index in [2.05, 4.69) is 20.8 Å². The Morgan fingerprint density at radius 3 is 2.55 bits per heavy atom. The minimum absolute atomic E-state index is 0.242. The zero-order valence-corrected chi connectivity index (χ0v) is 7.72. The Balaban J connectivity index is 2.48. The van der Waals surface area contributed by atoms with Crippen molar-refractivity contribution in [2.45, 2.75) is 51.9 Å². The first-order valence-electron chi connectivity index (χ1n) is 4.54. The minimum atomic E-state index is -0.242. The fourth-order valence-electron chi connectivity index (χ4n) is 1.58. The van der Waals surface area contributed by atoms with Crippen LogP contribution in [0.5, 0.6) is 0 Å². The molecule has 0 amide bonds. The highest BCUT2D eigenvalue weighted by Crippen LogP contribution is 2.31. The van der Waals surface area contributed by atoms with Crippen LogP contribution in [0.3, 0.4) is 0 Å². The first-order chi connectivity index (χ1) is 5.22. The SMILES string of the molecule is CCCC1(CC)OCC(C)O1. The molecule has 2 atom stereocenters. The molecule has 0 bridgehead atoms. The lowest BCUT2D eigenvalue weighted by Crippen LogP contribution is -2.29. The quantitative estimate of drug-likeness (QED) is 0.627. The van der Waals surface area contributed by atoms with Crippen LogP contribution in [-0.4, -0.2) is 18.5 Å². The van der Waals surface area contributed by atoms with Gasteiger partial charge in [-0.1, -0.05) is 20.3 Å². The second kappa shape index (κ2) is 3.55. The van der Waals surface area contributed by atoms with Crippen molar-refractivity contribution in [3.63, 3.8) is 0 Å². The van der Waals surface area contributed by atoms with Crippen LogP contribution in [-0.2, 0) is 9.47 Å². The maximum atomic E-state index is 5.72. The maximum absolute atomic E-state index is 5.72. The molecule has 1 saturated heterocycles. The largest absolute Gasteiger partial charge is 0.347 e. The molecule has 1 aliphatic rings. The van der Waals surface area contributed by atoms with E-state index < -0.39 is 0 Å². The van der Waals surface area contributed by atoms with Crippen LogP contribution in [0, 0.1) is 0 Å². The zero-order chi connectivity index (χ0) is 8.32. The van der Waals surface area contributed by atoms with E-state index in [1.165, 1.54) is 0 Å². The summed E-state index contributed by atoms with van der Waals surface area (Å²) in [4.78, 5) is 0. The summed E-state index contributed by atoms with van der Waals surface area (Å²) in [5.74, 6) is -0.242. The average molecular weight is 158 g/mol. The molecule has 0 aromatic carbocycles. The molecule has 0 aliphatic carbocycles. The summed E-state index contributed by atoms with van der Waals surface area (Å²) in [6, 6.07) is 0. The third kappa shape index (κ3) is 1.94. The van der Waals surface area contributed by atoms with Gasteiger partial charge in [0.25, 0.3) is 0 Å². The molecule has 0 aromatic heterocycles. The predicted molar refractivity (Wildman–Crippen MR) is 44.4 cm³/mol. The molecule has 0 spiro atoms. The molecule has 1 rings (SSSR count). The van der Waals surface area contributed by atoms with Crippen LogP contribution < -0.4 is 0 Å². The van der Waals surface area contributed by atoms with Crippen LogP contribution in [0.2, 0.25) is 0 Å². The Labute approximate surface area is 68.9 Å². The Morgan fingerprint density at radius 2 is 2.18 bits per heavy atom. The van der Waals surface area contributed by atoms with Gasteiger partial charge in [0.15, 0.2) is 5.79 Å². The van der Waals surface area contributed by atoms with Crippen LogP contribution >= 0.6 is 0 Å². The summed E-state index contributed by atoms with van der Waals surface area (Å²) in [6.07, 6.45) is 3.39. The molecule has 1 heterocycles. The highest BCUT2D eigenvalue weighted by Gasteiger charge is 2.36. The van der Waals surface area contributed by atoms with E-state index in [0.29, 0.717) is 0 Å². The van der Waals surface area contributed by atoms with E-state index in [1.54, 1.807) is 0 Å². The molecular weight excluding hydrogens is 140 g/mol. The lowest BCUT2D eigenvalue weighted by atomic mass is 10.1. The standard InChI is InChI=1S/C9H18O2/c1-4-6-9(5-2)10-7-8(3)11-9/h8H,4-7H2,1-3H3. The van der Waals surface area contributed by atoms with Gasteiger partial charge in [-0.25, -0.2) is 0 Å². The summed E-state index contributed by atoms with van der Waals surface area (Å²) < 4.78 is 11.3. The van der Waals surface area contributed by atoms with Crippen LogP contribution in [0.15, 0.2) is 0 Å². The van der Waals surface area contributed by atoms with Crippen LogP contribution in [0.1, 0.15) is 40.0 Å². The number of ether oxygens (including phenoxy) is 2.